The van der Waals surface area contributed by atoms with Crippen molar-refractivity contribution in [3.05, 3.63) is 34.9 Å². The van der Waals surface area contributed by atoms with Gasteiger partial charge in [0.25, 0.3) is 0 Å². The number of carbonyl (C=O) groups excluding carboxylic acids is 1. The molecule has 0 bridgehead atoms. The van der Waals surface area contributed by atoms with E-state index in [2.05, 4.69) is 21.2 Å². The second-order valence-corrected chi connectivity index (χ2v) is 7.17. The molecule has 2 aliphatic rings. The summed E-state index contributed by atoms with van der Waals surface area (Å²) >= 11 is 6.04. The molecule has 1 saturated heterocycles. The van der Waals surface area contributed by atoms with E-state index in [1.54, 1.807) is 0 Å². The molecule has 1 aliphatic heterocycles. The third-order valence-electron chi connectivity index (χ3n) is 4.85. The predicted molar refractivity (Wildman–Crippen MR) is 93.6 cm³/mol. The molecule has 0 aromatic heterocycles. The fourth-order valence-electron chi connectivity index (χ4n) is 3.55. The zero-order chi connectivity index (χ0) is 16.1. The van der Waals surface area contributed by atoms with Gasteiger partial charge in [0, 0.05) is 43.8 Å². The highest BCUT2D eigenvalue weighted by Gasteiger charge is 2.21. The number of hydrogen-bond donors (Lipinski definition) is 1. The molecule has 0 spiro atoms. The lowest BCUT2D eigenvalue weighted by Crippen LogP contribution is -2.50. The summed E-state index contributed by atoms with van der Waals surface area (Å²) < 4.78 is 0. The van der Waals surface area contributed by atoms with Crippen LogP contribution in [-0.4, -0.2) is 54.5 Å². The Morgan fingerprint density at radius 3 is 2.52 bits per heavy atom. The molecule has 5 heteroatoms. The first-order chi connectivity index (χ1) is 11.2. The standard InChI is InChI=1S/C18H26ClN3O/c19-16-5-3-4-15(12-16)13-21-8-10-22(11-9-21)14-18(23)20-17-6-1-2-7-17/h3-5,12,17H,1-2,6-11,13-14H2,(H,20,23). The number of amides is 1. The van der Waals surface area contributed by atoms with Crippen molar-refractivity contribution in [2.45, 2.75) is 38.3 Å². The van der Waals surface area contributed by atoms with E-state index in [1.165, 1.54) is 18.4 Å². The Morgan fingerprint density at radius 2 is 1.83 bits per heavy atom. The van der Waals surface area contributed by atoms with Crippen LogP contribution >= 0.6 is 11.6 Å². The number of nitrogens with one attached hydrogen (secondary N) is 1. The lowest BCUT2D eigenvalue weighted by atomic mass is 10.2. The molecule has 126 valence electrons. The lowest BCUT2D eigenvalue weighted by molar-refractivity contribution is -0.123. The molecule has 1 saturated carbocycles. The number of carbonyl (C=O) groups is 1. The molecule has 0 radical (unpaired) electrons. The van der Waals surface area contributed by atoms with Crippen molar-refractivity contribution in [3.8, 4) is 0 Å². The maximum atomic E-state index is 12.1. The molecule has 1 aromatic rings. The van der Waals surface area contributed by atoms with E-state index in [0.29, 0.717) is 12.6 Å². The molecule has 4 nitrogen and oxygen atoms in total. The van der Waals surface area contributed by atoms with Crippen LogP contribution in [0.5, 0.6) is 0 Å². The molecular weight excluding hydrogens is 310 g/mol. The summed E-state index contributed by atoms with van der Waals surface area (Å²) in [7, 11) is 0. The van der Waals surface area contributed by atoms with E-state index in [0.717, 1.165) is 50.6 Å². The van der Waals surface area contributed by atoms with Crippen molar-refractivity contribution in [2.24, 2.45) is 0 Å². The molecule has 0 atom stereocenters. The highest BCUT2D eigenvalue weighted by molar-refractivity contribution is 6.30. The van der Waals surface area contributed by atoms with Gasteiger partial charge in [0.05, 0.1) is 6.54 Å². The van der Waals surface area contributed by atoms with Crippen LogP contribution in [0.2, 0.25) is 5.02 Å². The minimum atomic E-state index is 0.195. The van der Waals surface area contributed by atoms with Gasteiger partial charge < -0.3 is 5.32 Å². The Bertz CT molecular complexity index is 523. The second kappa shape index (κ2) is 8.13. The first-order valence-electron chi connectivity index (χ1n) is 8.67. The molecule has 1 aromatic carbocycles. The average molecular weight is 336 g/mol. The van der Waals surface area contributed by atoms with Crippen molar-refractivity contribution < 1.29 is 4.79 Å². The van der Waals surface area contributed by atoms with Gasteiger partial charge >= 0.3 is 0 Å². The summed E-state index contributed by atoms with van der Waals surface area (Å²) in [5.74, 6) is 0.195. The molecule has 1 heterocycles. The van der Waals surface area contributed by atoms with E-state index < -0.39 is 0 Å². The minimum Gasteiger partial charge on any atom is -0.352 e. The van der Waals surface area contributed by atoms with Crippen molar-refractivity contribution in [3.63, 3.8) is 0 Å². The lowest BCUT2D eigenvalue weighted by Gasteiger charge is -2.34. The monoisotopic (exact) mass is 335 g/mol. The third-order valence-corrected chi connectivity index (χ3v) is 5.08. The highest BCUT2D eigenvalue weighted by Crippen LogP contribution is 2.17. The van der Waals surface area contributed by atoms with Gasteiger partial charge in [-0.1, -0.05) is 36.6 Å². The maximum absolute atomic E-state index is 12.1. The van der Waals surface area contributed by atoms with Gasteiger partial charge in [0.1, 0.15) is 0 Å². The molecular formula is C18H26ClN3O. The number of nitrogens with zero attached hydrogens (tertiary/aromatic N) is 2. The number of benzene rings is 1. The van der Waals surface area contributed by atoms with Crippen LogP contribution in [0.4, 0.5) is 0 Å². The summed E-state index contributed by atoms with van der Waals surface area (Å²) in [6.45, 7) is 5.40. The topological polar surface area (TPSA) is 35.6 Å². The third kappa shape index (κ3) is 5.20. The van der Waals surface area contributed by atoms with Gasteiger partial charge in [0.2, 0.25) is 5.91 Å². The summed E-state index contributed by atoms with van der Waals surface area (Å²) in [5, 5.41) is 3.97. The highest BCUT2D eigenvalue weighted by atomic mass is 35.5. The van der Waals surface area contributed by atoms with Crippen LogP contribution in [0.1, 0.15) is 31.2 Å². The smallest absolute Gasteiger partial charge is 0.234 e. The van der Waals surface area contributed by atoms with Crippen LogP contribution in [0.15, 0.2) is 24.3 Å². The number of piperazine rings is 1. The normalized spacial score (nSPS) is 20.7. The Morgan fingerprint density at radius 1 is 1.13 bits per heavy atom. The van der Waals surface area contributed by atoms with E-state index in [9.17, 15) is 4.79 Å². The van der Waals surface area contributed by atoms with Gasteiger partial charge in [-0.25, -0.2) is 0 Å². The quantitative estimate of drug-likeness (QED) is 0.898. The molecule has 1 N–H and O–H groups in total. The summed E-state index contributed by atoms with van der Waals surface area (Å²) in [4.78, 5) is 16.8. The fraction of sp³-hybridized carbons (Fsp3) is 0.611. The second-order valence-electron chi connectivity index (χ2n) is 6.73. The van der Waals surface area contributed by atoms with Crippen LogP contribution < -0.4 is 5.32 Å². The Hall–Kier alpha value is -1.10. The number of rotatable bonds is 5. The van der Waals surface area contributed by atoms with Crippen LogP contribution in [0.25, 0.3) is 0 Å². The Labute approximate surface area is 143 Å². The predicted octanol–water partition coefficient (Wildman–Crippen LogP) is 2.52. The fourth-order valence-corrected chi connectivity index (χ4v) is 3.76. The van der Waals surface area contributed by atoms with Gasteiger partial charge in [-0.2, -0.15) is 0 Å². The van der Waals surface area contributed by atoms with Crippen molar-refractivity contribution >= 4 is 17.5 Å². The van der Waals surface area contributed by atoms with Crippen molar-refractivity contribution in [1.29, 1.82) is 0 Å². The van der Waals surface area contributed by atoms with Gasteiger partial charge in [-0.3, -0.25) is 14.6 Å². The number of hydrogen-bond acceptors (Lipinski definition) is 3. The van der Waals surface area contributed by atoms with E-state index in [4.69, 9.17) is 11.6 Å². The van der Waals surface area contributed by atoms with Crippen LogP contribution in [0, 0.1) is 0 Å². The summed E-state index contributed by atoms with van der Waals surface area (Å²) in [6.07, 6.45) is 4.82. The molecule has 3 rings (SSSR count). The summed E-state index contributed by atoms with van der Waals surface area (Å²) in [5.41, 5.74) is 1.25. The molecule has 0 unspecified atom stereocenters. The van der Waals surface area contributed by atoms with Crippen molar-refractivity contribution in [2.75, 3.05) is 32.7 Å². The average Bonchev–Trinajstić information content (AvgIpc) is 3.02. The zero-order valence-electron chi connectivity index (χ0n) is 13.6. The molecule has 23 heavy (non-hydrogen) atoms. The SMILES string of the molecule is O=C(CN1CCN(Cc2cccc(Cl)c2)CC1)NC1CCCC1. The largest absolute Gasteiger partial charge is 0.352 e. The molecule has 2 fully saturated rings. The Balaban J connectivity index is 1.38. The van der Waals surface area contributed by atoms with Gasteiger partial charge in [0.15, 0.2) is 0 Å². The summed E-state index contributed by atoms with van der Waals surface area (Å²) in [6, 6.07) is 8.48. The maximum Gasteiger partial charge on any atom is 0.234 e. The molecule has 1 amide bonds. The van der Waals surface area contributed by atoms with Gasteiger partial charge in [-0.05, 0) is 30.5 Å². The van der Waals surface area contributed by atoms with Crippen LogP contribution in [-0.2, 0) is 11.3 Å². The van der Waals surface area contributed by atoms with Crippen LogP contribution in [0.3, 0.4) is 0 Å². The molecule has 1 aliphatic carbocycles. The number of halogens is 1. The Kier molecular flexibility index (Phi) is 5.92. The van der Waals surface area contributed by atoms with E-state index in [-0.39, 0.29) is 5.91 Å². The minimum absolute atomic E-state index is 0.195. The van der Waals surface area contributed by atoms with Gasteiger partial charge in [-0.15, -0.1) is 0 Å². The van der Waals surface area contributed by atoms with E-state index >= 15 is 0 Å². The first-order valence-corrected chi connectivity index (χ1v) is 9.05. The van der Waals surface area contributed by atoms with E-state index in [1.807, 2.05) is 18.2 Å². The zero-order valence-corrected chi connectivity index (χ0v) is 14.4. The van der Waals surface area contributed by atoms with Crippen molar-refractivity contribution in [1.82, 2.24) is 15.1 Å². The first kappa shape index (κ1) is 16.7.